The molecule has 0 aromatic rings. The number of ether oxygens (including phenoxy) is 1. The summed E-state index contributed by atoms with van der Waals surface area (Å²) in [5, 5.41) is 13.0. The van der Waals surface area contributed by atoms with Crippen molar-refractivity contribution < 1.29 is 9.84 Å². The molecule has 3 unspecified atom stereocenters. The predicted molar refractivity (Wildman–Crippen MR) is 88.1 cm³/mol. The molecule has 0 radical (unpaired) electrons. The van der Waals surface area contributed by atoms with Gasteiger partial charge in [0, 0.05) is 44.9 Å². The lowest BCUT2D eigenvalue weighted by Crippen LogP contribution is -2.58. The van der Waals surface area contributed by atoms with E-state index in [1.54, 1.807) is 0 Å². The molecule has 5 nitrogen and oxygen atoms in total. The highest BCUT2D eigenvalue weighted by molar-refractivity contribution is 4.92. The molecule has 0 aromatic heterocycles. The van der Waals surface area contributed by atoms with E-state index in [-0.39, 0.29) is 0 Å². The molecule has 3 aliphatic rings. The molecule has 3 heterocycles. The standard InChI is InChI=1S/C17H33N3O2/c21-10-5-16-3-1-2-7-20(16)17-13-18-6-4-15(17)14-19-8-11-22-12-9-19/h15-18,21H,1-14H2. The van der Waals surface area contributed by atoms with Gasteiger partial charge < -0.3 is 15.2 Å². The van der Waals surface area contributed by atoms with E-state index in [4.69, 9.17) is 4.74 Å². The van der Waals surface area contributed by atoms with E-state index in [0.29, 0.717) is 18.7 Å². The van der Waals surface area contributed by atoms with Crippen LogP contribution in [0.1, 0.15) is 32.1 Å². The Kier molecular flexibility index (Phi) is 6.51. The predicted octanol–water partition coefficient (Wildman–Crippen LogP) is 0.534. The first-order valence-electron chi connectivity index (χ1n) is 9.26. The Hall–Kier alpha value is -0.200. The molecule has 2 N–H and O–H groups in total. The SMILES string of the molecule is OCCC1CCCCN1C1CNCCC1CN1CCOCC1. The van der Waals surface area contributed by atoms with Crippen LogP contribution >= 0.6 is 0 Å². The van der Waals surface area contributed by atoms with Crippen LogP contribution in [0.15, 0.2) is 0 Å². The third kappa shape index (κ3) is 4.20. The van der Waals surface area contributed by atoms with Gasteiger partial charge in [0.05, 0.1) is 13.2 Å². The highest BCUT2D eigenvalue weighted by atomic mass is 16.5. The first kappa shape index (κ1) is 16.7. The number of rotatable bonds is 5. The van der Waals surface area contributed by atoms with E-state index >= 15 is 0 Å². The van der Waals surface area contributed by atoms with Crippen LogP contribution in [-0.4, -0.2) is 86.1 Å². The fraction of sp³-hybridized carbons (Fsp3) is 1.00. The molecule has 0 aliphatic carbocycles. The average molecular weight is 311 g/mol. The zero-order valence-electron chi connectivity index (χ0n) is 13.9. The van der Waals surface area contributed by atoms with Crippen LogP contribution in [0.3, 0.4) is 0 Å². The van der Waals surface area contributed by atoms with E-state index in [9.17, 15) is 5.11 Å². The quantitative estimate of drug-likeness (QED) is 0.776. The third-order valence-electron chi connectivity index (χ3n) is 5.75. The number of hydrogen-bond acceptors (Lipinski definition) is 5. The molecule has 0 amide bonds. The molecule has 3 fully saturated rings. The maximum atomic E-state index is 9.40. The molecule has 22 heavy (non-hydrogen) atoms. The summed E-state index contributed by atoms with van der Waals surface area (Å²) < 4.78 is 5.49. The number of likely N-dealkylation sites (tertiary alicyclic amines) is 1. The fourth-order valence-electron chi connectivity index (χ4n) is 4.53. The monoisotopic (exact) mass is 311 g/mol. The average Bonchev–Trinajstić information content (AvgIpc) is 2.57. The number of aliphatic hydroxyl groups excluding tert-OH is 1. The number of aliphatic hydroxyl groups is 1. The van der Waals surface area contributed by atoms with Crippen molar-refractivity contribution in [2.75, 3.05) is 59.1 Å². The van der Waals surface area contributed by atoms with Crippen molar-refractivity contribution in [1.82, 2.24) is 15.1 Å². The minimum atomic E-state index is 0.329. The largest absolute Gasteiger partial charge is 0.396 e. The van der Waals surface area contributed by atoms with E-state index in [0.717, 1.165) is 51.7 Å². The molecular formula is C17H33N3O2. The van der Waals surface area contributed by atoms with E-state index in [1.807, 2.05) is 0 Å². The van der Waals surface area contributed by atoms with Crippen molar-refractivity contribution in [2.24, 2.45) is 5.92 Å². The van der Waals surface area contributed by atoms with Crippen LogP contribution < -0.4 is 5.32 Å². The minimum Gasteiger partial charge on any atom is -0.396 e. The van der Waals surface area contributed by atoms with E-state index in [2.05, 4.69) is 15.1 Å². The Morgan fingerprint density at radius 1 is 1.09 bits per heavy atom. The number of hydrogen-bond donors (Lipinski definition) is 2. The van der Waals surface area contributed by atoms with Crippen molar-refractivity contribution in [1.29, 1.82) is 0 Å². The smallest absolute Gasteiger partial charge is 0.0594 e. The van der Waals surface area contributed by atoms with Gasteiger partial charge in [-0.3, -0.25) is 9.80 Å². The summed E-state index contributed by atoms with van der Waals surface area (Å²) in [6.07, 6.45) is 6.14. The molecule has 0 spiro atoms. The van der Waals surface area contributed by atoms with Crippen molar-refractivity contribution in [3.05, 3.63) is 0 Å². The van der Waals surface area contributed by atoms with Crippen molar-refractivity contribution in [3.63, 3.8) is 0 Å². The van der Waals surface area contributed by atoms with Crippen molar-refractivity contribution >= 4 is 0 Å². The Bertz CT molecular complexity index is 321. The van der Waals surface area contributed by atoms with Crippen molar-refractivity contribution in [2.45, 2.75) is 44.2 Å². The molecular weight excluding hydrogens is 278 g/mol. The molecule has 0 bridgehead atoms. The van der Waals surface area contributed by atoms with Crippen LogP contribution in [-0.2, 0) is 4.74 Å². The molecule has 0 aromatic carbocycles. The van der Waals surface area contributed by atoms with Crippen molar-refractivity contribution in [3.8, 4) is 0 Å². The molecule has 3 aliphatic heterocycles. The highest BCUT2D eigenvalue weighted by Crippen LogP contribution is 2.28. The lowest BCUT2D eigenvalue weighted by Gasteiger charge is -2.47. The summed E-state index contributed by atoms with van der Waals surface area (Å²) in [7, 11) is 0. The number of morpholine rings is 1. The number of nitrogens with zero attached hydrogens (tertiary/aromatic N) is 2. The van der Waals surface area contributed by atoms with Gasteiger partial charge in [0.25, 0.3) is 0 Å². The zero-order chi connectivity index (χ0) is 15.2. The summed E-state index contributed by atoms with van der Waals surface area (Å²) in [6, 6.07) is 1.24. The second-order valence-electron chi connectivity index (χ2n) is 7.13. The summed E-state index contributed by atoms with van der Waals surface area (Å²) in [5.74, 6) is 0.763. The second kappa shape index (κ2) is 8.60. The summed E-state index contributed by atoms with van der Waals surface area (Å²) in [5.41, 5.74) is 0. The zero-order valence-corrected chi connectivity index (χ0v) is 13.9. The lowest BCUT2D eigenvalue weighted by atomic mass is 9.87. The van der Waals surface area contributed by atoms with Gasteiger partial charge in [0.1, 0.15) is 0 Å². The topological polar surface area (TPSA) is 48.0 Å². The molecule has 0 saturated carbocycles. The van der Waals surface area contributed by atoms with Gasteiger partial charge in [-0.25, -0.2) is 0 Å². The minimum absolute atomic E-state index is 0.329. The van der Waals surface area contributed by atoms with Crippen LogP contribution in [0.25, 0.3) is 0 Å². The first-order valence-corrected chi connectivity index (χ1v) is 9.26. The number of nitrogens with one attached hydrogen (secondary N) is 1. The van der Waals surface area contributed by atoms with E-state index in [1.165, 1.54) is 38.8 Å². The molecule has 3 rings (SSSR count). The normalized spacial score (nSPS) is 35.6. The first-order chi connectivity index (χ1) is 10.9. The van der Waals surface area contributed by atoms with Gasteiger partial charge in [-0.05, 0) is 44.7 Å². The van der Waals surface area contributed by atoms with Gasteiger partial charge in [0.15, 0.2) is 0 Å². The highest BCUT2D eigenvalue weighted by Gasteiger charge is 2.35. The van der Waals surface area contributed by atoms with Gasteiger partial charge in [-0.1, -0.05) is 6.42 Å². The van der Waals surface area contributed by atoms with Gasteiger partial charge >= 0.3 is 0 Å². The maximum absolute atomic E-state index is 9.40. The second-order valence-corrected chi connectivity index (χ2v) is 7.13. The fourth-order valence-corrected chi connectivity index (χ4v) is 4.53. The third-order valence-corrected chi connectivity index (χ3v) is 5.75. The van der Waals surface area contributed by atoms with Crippen LogP contribution in [0, 0.1) is 5.92 Å². The Morgan fingerprint density at radius 3 is 2.77 bits per heavy atom. The Labute approximate surface area is 135 Å². The van der Waals surface area contributed by atoms with Gasteiger partial charge in [-0.2, -0.15) is 0 Å². The van der Waals surface area contributed by atoms with Crippen LogP contribution in [0.2, 0.25) is 0 Å². The van der Waals surface area contributed by atoms with Gasteiger partial charge in [-0.15, -0.1) is 0 Å². The Balaban J connectivity index is 1.62. The van der Waals surface area contributed by atoms with Gasteiger partial charge in [0.2, 0.25) is 0 Å². The molecule has 3 saturated heterocycles. The summed E-state index contributed by atoms with van der Waals surface area (Å²) >= 11 is 0. The van der Waals surface area contributed by atoms with Crippen LogP contribution in [0.4, 0.5) is 0 Å². The molecule has 128 valence electrons. The summed E-state index contributed by atoms with van der Waals surface area (Å²) in [6.45, 7) is 9.03. The van der Waals surface area contributed by atoms with Crippen LogP contribution in [0.5, 0.6) is 0 Å². The molecule has 5 heteroatoms. The molecule has 3 atom stereocenters. The lowest BCUT2D eigenvalue weighted by molar-refractivity contribution is -0.00291. The number of piperidine rings is 2. The summed E-state index contributed by atoms with van der Waals surface area (Å²) in [4.78, 5) is 5.33. The Morgan fingerprint density at radius 2 is 1.95 bits per heavy atom. The van der Waals surface area contributed by atoms with E-state index < -0.39 is 0 Å². The maximum Gasteiger partial charge on any atom is 0.0594 e.